The lowest BCUT2D eigenvalue weighted by Crippen LogP contribution is -2.17. The quantitative estimate of drug-likeness (QED) is 0.308. The Morgan fingerprint density at radius 3 is 2.64 bits per heavy atom. The molecule has 33 heavy (non-hydrogen) atoms. The SMILES string of the molecule is Cc1cc2occ(/C=N/NC(=O)c3cc4c(C)nn(-c5ccccc5)c4s3)c(=O)c2cc1C. The van der Waals surface area contributed by atoms with Gasteiger partial charge in [0.15, 0.2) is 0 Å². The highest BCUT2D eigenvalue weighted by Crippen LogP contribution is 2.30. The lowest BCUT2D eigenvalue weighted by atomic mass is 10.1. The Labute approximate surface area is 193 Å². The zero-order valence-corrected chi connectivity index (χ0v) is 19.1. The number of aromatic nitrogens is 2. The molecule has 0 saturated heterocycles. The van der Waals surface area contributed by atoms with Crippen LogP contribution in [0.15, 0.2) is 69.1 Å². The van der Waals surface area contributed by atoms with Gasteiger partial charge in [-0.05, 0) is 62.2 Å². The Bertz CT molecular complexity index is 1610. The molecule has 2 aromatic carbocycles. The number of hydrogen-bond acceptors (Lipinski definition) is 6. The Kier molecular flexibility index (Phi) is 5.14. The van der Waals surface area contributed by atoms with Crippen molar-refractivity contribution >= 4 is 44.6 Å². The smallest absolute Gasteiger partial charge is 0.281 e. The van der Waals surface area contributed by atoms with Gasteiger partial charge in [-0.2, -0.15) is 10.2 Å². The molecule has 3 heterocycles. The standard InChI is InChI=1S/C25H20N4O3S/c1-14-9-20-21(10-15(14)2)32-13-17(23(20)30)12-26-27-24(31)22-11-19-16(3)28-29(25(19)33-22)18-7-5-4-6-8-18/h4-13H,1-3H3,(H,27,31)/b26-12+. The number of carbonyl (C=O) groups excluding carboxylic acids is 1. The van der Waals surface area contributed by atoms with Crippen LogP contribution in [0.5, 0.6) is 0 Å². The van der Waals surface area contributed by atoms with E-state index in [1.807, 2.05) is 74.0 Å². The molecule has 0 aliphatic heterocycles. The molecule has 0 bridgehead atoms. The van der Waals surface area contributed by atoms with E-state index in [-0.39, 0.29) is 16.9 Å². The van der Waals surface area contributed by atoms with Crippen LogP contribution in [-0.4, -0.2) is 21.9 Å². The maximum atomic E-state index is 12.8. The minimum atomic E-state index is -0.358. The van der Waals surface area contributed by atoms with Gasteiger partial charge < -0.3 is 4.42 Å². The number of nitrogens with one attached hydrogen (secondary N) is 1. The summed E-state index contributed by atoms with van der Waals surface area (Å²) < 4.78 is 7.42. The first-order chi connectivity index (χ1) is 15.9. The molecular weight excluding hydrogens is 436 g/mol. The Morgan fingerprint density at radius 2 is 1.85 bits per heavy atom. The van der Waals surface area contributed by atoms with E-state index >= 15 is 0 Å². The fraction of sp³-hybridized carbons (Fsp3) is 0.120. The van der Waals surface area contributed by atoms with Crippen molar-refractivity contribution in [1.29, 1.82) is 0 Å². The third kappa shape index (κ3) is 3.74. The Hall–Kier alpha value is -4.04. The summed E-state index contributed by atoms with van der Waals surface area (Å²) in [5, 5.41) is 9.97. The van der Waals surface area contributed by atoms with E-state index in [9.17, 15) is 9.59 Å². The predicted octanol–water partition coefficient (Wildman–Crippen LogP) is 4.88. The first-order valence-electron chi connectivity index (χ1n) is 10.3. The zero-order chi connectivity index (χ0) is 23.1. The largest absolute Gasteiger partial charge is 0.463 e. The topological polar surface area (TPSA) is 89.5 Å². The minimum absolute atomic E-state index is 0.196. The van der Waals surface area contributed by atoms with Crippen LogP contribution in [0.3, 0.4) is 0 Å². The van der Waals surface area contributed by atoms with Gasteiger partial charge in [0.25, 0.3) is 5.91 Å². The molecule has 5 rings (SSSR count). The van der Waals surface area contributed by atoms with Gasteiger partial charge in [0.2, 0.25) is 5.43 Å². The van der Waals surface area contributed by atoms with E-state index in [1.165, 1.54) is 23.8 Å². The summed E-state index contributed by atoms with van der Waals surface area (Å²) >= 11 is 1.34. The van der Waals surface area contributed by atoms with Crippen LogP contribution >= 0.6 is 11.3 Å². The first kappa shape index (κ1) is 20.8. The molecule has 0 saturated carbocycles. The maximum absolute atomic E-state index is 12.8. The highest BCUT2D eigenvalue weighted by Gasteiger charge is 2.17. The van der Waals surface area contributed by atoms with Crippen LogP contribution in [0.4, 0.5) is 0 Å². The normalized spacial score (nSPS) is 11.6. The van der Waals surface area contributed by atoms with Crippen molar-refractivity contribution in [2.24, 2.45) is 5.10 Å². The van der Waals surface area contributed by atoms with Crippen LogP contribution in [-0.2, 0) is 0 Å². The molecular formula is C25H20N4O3S. The molecule has 3 aromatic heterocycles. The van der Waals surface area contributed by atoms with Crippen LogP contribution in [0.25, 0.3) is 26.9 Å². The van der Waals surface area contributed by atoms with Crippen molar-refractivity contribution in [2.45, 2.75) is 20.8 Å². The number of benzene rings is 2. The zero-order valence-electron chi connectivity index (χ0n) is 18.2. The fourth-order valence-corrected chi connectivity index (χ4v) is 4.68. The number of fused-ring (bicyclic) bond motifs is 2. The number of hydrazone groups is 1. The summed E-state index contributed by atoms with van der Waals surface area (Å²) in [4.78, 5) is 26.8. The fourth-order valence-electron chi connectivity index (χ4n) is 3.61. The number of thiophene rings is 1. The number of hydrogen-bond donors (Lipinski definition) is 1. The number of aryl methyl sites for hydroxylation is 3. The molecule has 5 aromatic rings. The van der Waals surface area contributed by atoms with Gasteiger partial charge in [-0.3, -0.25) is 9.59 Å². The second kappa shape index (κ2) is 8.14. The van der Waals surface area contributed by atoms with Gasteiger partial charge in [0.1, 0.15) is 16.7 Å². The minimum Gasteiger partial charge on any atom is -0.463 e. The van der Waals surface area contributed by atoms with Crippen LogP contribution in [0.1, 0.15) is 32.1 Å². The number of para-hydroxylation sites is 1. The number of amides is 1. The first-order valence-corrected chi connectivity index (χ1v) is 11.1. The second-order valence-corrected chi connectivity index (χ2v) is 8.84. The average molecular weight is 457 g/mol. The summed E-state index contributed by atoms with van der Waals surface area (Å²) in [6.45, 7) is 5.82. The molecule has 1 N–H and O–H groups in total. The molecule has 0 atom stereocenters. The van der Waals surface area contributed by atoms with Gasteiger partial charge in [-0.1, -0.05) is 18.2 Å². The highest BCUT2D eigenvalue weighted by molar-refractivity contribution is 7.20. The number of carbonyl (C=O) groups is 1. The van der Waals surface area contributed by atoms with Gasteiger partial charge in [0, 0.05) is 5.39 Å². The van der Waals surface area contributed by atoms with Crippen molar-refractivity contribution < 1.29 is 9.21 Å². The molecule has 0 radical (unpaired) electrons. The van der Waals surface area contributed by atoms with Crippen molar-refractivity contribution in [3.63, 3.8) is 0 Å². The van der Waals surface area contributed by atoms with E-state index in [0.29, 0.717) is 15.8 Å². The van der Waals surface area contributed by atoms with Crippen LogP contribution in [0, 0.1) is 20.8 Å². The van der Waals surface area contributed by atoms with Crippen molar-refractivity contribution in [3.8, 4) is 5.69 Å². The van der Waals surface area contributed by atoms with E-state index in [1.54, 1.807) is 0 Å². The van der Waals surface area contributed by atoms with Crippen molar-refractivity contribution in [2.75, 3.05) is 0 Å². The summed E-state index contributed by atoms with van der Waals surface area (Å²) in [6.07, 6.45) is 2.66. The van der Waals surface area contributed by atoms with Crippen LogP contribution < -0.4 is 10.9 Å². The molecule has 1 amide bonds. The Morgan fingerprint density at radius 1 is 1.09 bits per heavy atom. The Balaban J connectivity index is 1.40. The molecule has 0 fully saturated rings. The second-order valence-electron chi connectivity index (χ2n) is 7.81. The van der Waals surface area contributed by atoms with Gasteiger partial charge in [0.05, 0.1) is 33.4 Å². The van der Waals surface area contributed by atoms with Crippen molar-refractivity contribution in [3.05, 3.63) is 92.3 Å². The number of rotatable bonds is 4. The molecule has 0 aliphatic rings. The molecule has 0 spiro atoms. The lowest BCUT2D eigenvalue weighted by molar-refractivity contribution is 0.0959. The van der Waals surface area contributed by atoms with Crippen LogP contribution in [0.2, 0.25) is 0 Å². The molecule has 0 aliphatic carbocycles. The summed E-state index contributed by atoms with van der Waals surface area (Å²) in [7, 11) is 0. The summed E-state index contributed by atoms with van der Waals surface area (Å²) in [5.74, 6) is -0.358. The molecule has 164 valence electrons. The molecule has 8 heteroatoms. The average Bonchev–Trinajstić information content (AvgIpc) is 3.38. The van der Waals surface area contributed by atoms with E-state index in [4.69, 9.17) is 4.42 Å². The monoisotopic (exact) mass is 456 g/mol. The molecule has 0 unspecified atom stereocenters. The van der Waals surface area contributed by atoms with E-state index < -0.39 is 0 Å². The van der Waals surface area contributed by atoms with Gasteiger partial charge in [-0.25, -0.2) is 10.1 Å². The van der Waals surface area contributed by atoms with Gasteiger partial charge >= 0.3 is 0 Å². The highest BCUT2D eigenvalue weighted by atomic mass is 32.1. The van der Waals surface area contributed by atoms with Crippen molar-refractivity contribution in [1.82, 2.24) is 15.2 Å². The predicted molar refractivity (Wildman–Crippen MR) is 131 cm³/mol. The summed E-state index contributed by atoms with van der Waals surface area (Å²) in [5.41, 5.74) is 6.92. The number of nitrogens with zero attached hydrogens (tertiary/aromatic N) is 3. The molecule has 7 nitrogen and oxygen atoms in total. The van der Waals surface area contributed by atoms with E-state index in [0.717, 1.165) is 32.7 Å². The third-order valence-corrected chi connectivity index (χ3v) is 6.66. The summed E-state index contributed by atoms with van der Waals surface area (Å²) in [6, 6.07) is 15.2. The van der Waals surface area contributed by atoms with Gasteiger partial charge in [-0.15, -0.1) is 11.3 Å². The van der Waals surface area contributed by atoms with E-state index in [2.05, 4.69) is 15.6 Å². The third-order valence-electron chi connectivity index (χ3n) is 5.55. The maximum Gasteiger partial charge on any atom is 0.281 e. The lowest BCUT2D eigenvalue weighted by Gasteiger charge is -2.03.